The van der Waals surface area contributed by atoms with Crippen LogP contribution in [0.2, 0.25) is 0 Å². The number of Topliss-reactive ketones (excluding diaryl/α,β-unsaturated/α-hetero) is 2. The van der Waals surface area contributed by atoms with E-state index in [1.807, 2.05) is 0 Å². The quantitative estimate of drug-likeness (QED) is 0.0214. The van der Waals surface area contributed by atoms with Gasteiger partial charge in [0.15, 0.2) is 19.7 Å². The molecular formula is C44H123F20NO54P29+. The molecule has 148 heavy (non-hydrogen) atoms. The smallest absolute Gasteiger partial charge is 0.344 e. The molecule has 0 spiro atoms. The van der Waals surface area contributed by atoms with Crippen molar-refractivity contribution < 1.29 is 337 Å². The van der Waals surface area contributed by atoms with E-state index >= 15 is 0 Å². The van der Waals surface area contributed by atoms with Gasteiger partial charge in [-0.15, -0.1) is 0 Å². The van der Waals surface area contributed by atoms with Gasteiger partial charge in [-0.1, -0.05) is 0 Å². The second kappa shape index (κ2) is 66.8. The minimum Gasteiger partial charge on any atom is -0.344 e. The molecule has 104 heteroatoms. The van der Waals surface area contributed by atoms with Crippen LogP contribution in [-0.2, 0) is 164 Å². The monoisotopic (exact) mass is 2810 g/mol. The second-order valence-electron chi connectivity index (χ2n) is 31.6. The number of ketones is 2. The summed E-state index contributed by atoms with van der Waals surface area (Å²) in [5.74, 6) is -4.99. The van der Waals surface area contributed by atoms with Crippen LogP contribution in [0.25, 0.3) is 0 Å². The summed E-state index contributed by atoms with van der Waals surface area (Å²) in [6, 6.07) is -0.287. The average molecular weight is 2810 g/mol. The fraction of sp³-hybridized carbons (Fsp3) is 0.955. The summed E-state index contributed by atoms with van der Waals surface area (Å²) in [4.78, 5) is 166. The minimum atomic E-state index is -7.00. The van der Waals surface area contributed by atoms with Crippen molar-refractivity contribution in [2.45, 2.75) is 60.8 Å². The molecule has 0 bridgehead atoms. The predicted molar refractivity (Wildman–Crippen MR) is 526 cm³/mol. The standard InChI is InChI=1S/C5H13F2O5P3.2C5H15O5P3.C4H10F2O3P2.C4H9NO.C4H12O3P2.C3H6O.C2H4F5O5P3.C2H4F4O3P2.C2H6F3O5P3.C2H6F2O5P2.C2H6F2O3P2.C2H8O5P2.CH5O3P.CH3O2P/c1-13(2,8)12-15(4,11)5(6,7)14(3,9)10;2*1-11(2,6)10-13(4,9)5-12(3,7)8;1-10(2,7)4(5,6)11(3,8)9;1-3(5)4(2)6;1-8(2,5)4-9(3,6)7;1-3(2)4;1-13(5,8)12-15(7,11)2(3,4)14(6,9)10;1-10(5,7)2(3,4)11(6,8)9;1-11(3,6)10-13(5,9)2-12(4,7)8;1-10(5,6)2(3,4)11(7,8)9;1-8(3,5)2-9(4,6)7;1-8(3,4)2-9(5,6)7;1-5(2,3)4;1-4(2)3/h1-4H3,(H,9,10);2*5H2,1-4H3,(H,7,8);1-3H3,(H,8,9);3H,5H2,1-2H3;4H2,1-3H3,(H,6,7);1-2H3;1H3,(H,9,10);1H3,(H,8,9);2H2,1H3,(H,7,8);1H3,(H,5,6)(H2,7,8,9);2H2,1H3,(H,6,7);2H2,1H3,(H,3,4)(H2,5,6,7);1H3,(H2,2,3,4);1H3/p+1. The Hall–Kier alpha value is 3.52. The number of carbonyl (C=O) groups is 2. The molecule has 22 atom stereocenters. The van der Waals surface area contributed by atoms with Gasteiger partial charge in [0.1, 0.15) is 35.2 Å². The first-order valence-corrected chi connectivity index (χ1v) is 95.2. The van der Waals surface area contributed by atoms with Crippen molar-refractivity contribution in [3.63, 3.8) is 0 Å². The van der Waals surface area contributed by atoms with E-state index in [-0.39, 0.29) is 43.5 Å². The molecule has 0 aromatic rings. The van der Waals surface area contributed by atoms with E-state index < -0.39 is 274 Å². The molecule has 0 amide bonds. The Morgan fingerprint density at radius 3 is 0.615 bits per heavy atom. The summed E-state index contributed by atoms with van der Waals surface area (Å²) in [7, 11) is -127. The van der Waals surface area contributed by atoms with Crippen LogP contribution < -0.4 is 5.73 Å². The van der Waals surface area contributed by atoms with Crippen molar-refractivity contribution in [2.24, 2.45) is 5.73 Å². The Kier molecular flexibility index (Phi) is 83.1. The average Bonchev–Trinajstić information content (AvgIpc) is 0.769. The fourth-order valence-electron chi connectivity index (χ4n) is 5.63. The van der Waals surface area contributed by atoms with Crippen molar-refractivity contribution >= 4 is 229 Å². The van der Waals surface area contributed by atoms with Crippen LogP contribution in [0.1, 0.15) is 27.7 Å². The van der Waals surface area contributed by atoms with Gasteiger partial charge in [0.05, 0.1) is 19.1 Å². The molecule has 0 saturated heterocycles. The van der Waals surface area contributed by atoms with Gasteiger partial charge >= 0.3 is 127 Å². The molecule has 0 radical (unpaired) electrons. The third kappa shape index (κ3) is 123. The van der Waals surface area contributed by atoms with Crippen LogP contribution in [-0.4, -0.2) is 341 Å². The van der Waals surface area contributed by atoms with Crippen LogP contribution in [0.5, 0.6) is 0 Å². The summed E-state index contributed by atoms with van der Waals surface area (Å²) >= 11 is 0. The summed E-state index contributed by atoms with van der Waals surface area (Å²) in [5.41, 5.74) is 5.09. The van der Waals surface area contributed by atoms with E-state index in [1.165, 1.54) is 87.4 Å². The molecule has 0 aliphatic heterocycles. The molecule has 20 N–H and O–H groups in total. The fourth-order valence-corrected chi connectivity index (χ4v) is 52.7. The Morgan fingerprint density at radius 2 is 0.534 bits per heavy atom. The van der Waals surface area contributed by atoms with E-state index in [4.69, 9.17) is 107 Å². The molecule has 0 saturated carbocycles. The summed E-state index contributed by atoms with van der Waals surface area (Å²) in [6.07, 6.45) is 0. The minimum absolute atomic E-state index is 0.0319. The van der Waals surface area contributed by atoms with Crippen molar-refractivity contribution in [1.29, 1.82) is 0 Å². The molecule has 22 unspecified atom stereocenters. The highest BCUT2D eigenvalue weighted by Gasteiger charge is 2.70. The number of hydrogen-bond acceptors (Lipinski definition) is 37. The third-order valence-corrected chi connectivity index (χ3v) is 64.1. The largest absolute Gasteiger partial charge is 0.502 e. The molecule has 0 aromatic heterocycles. The number of alkyl halides is 10. The van der Waals surface area contributed by atoms with Gasteiger partial charge in [0.25, 0.3) is 36.9 Å². The summed E-state index contributed by atoms with van der Waals surface area (Å²) < 4.78 is 566. The molecule has 55 nitrogen and oxygen atoms in total. The lowest BCUT2D eigenvalue weighted by molar-refractivity contribution is -0.118. The molecule has 912 valence electrons. The molecule has 0 heterocycles. The van der Waals surface area contributed by atoms with Gasteiger partial charge in [-0.2, -0.15) is 90.8 Å². The molecule has 0 fully saturated rings. The lowest BCUT2D eigenvalue weighted by Crippen LogP contribution is -2.23. The molecule has 0 rings (SSSR count). The zero-order valence-electron chi connectivity index (χ0n) is 82.2. The number of carbonyl (C=O) groups excluding carboxylic acids is 2. The van der Waals surface area contributed by atoms with E-state index in [2.05, 4.69) is 12.9 Å². The SMILES string of the molecule is CC(=O)C(C)N.CC(C)=O.CP(=O)(F)C(F)(F)P(=O)(O)F.CP(=O)(F)CP(=O)(O)F.CP(=O)(F)OP(=O)(F)C(F)(F)P(=O)(O)F.CP(=O)(F)OP(=O)(F)CP(=O)(O)F.CP(=O)(O)C(F)(F)P(=O)(O)O.CP(=O)(O)CP(=O)(O)O.CP(=O)(O)CP(C)(=O)OP(C)(C)=O.CP(=O)(O)CP(C)(=O)OP(C)(C)=O.CP(=O)(O)O.CP(C)(=O)C(F)(F)P(C)(=O)O.CP(C)(=O)CP(C)(=O)O.CP(C)(=O)OP(C)(=O)C(F)(F)P(C)(=O)O.C[P+](=O)O. The van der Waals surface area contributed by atoms with Crippen molar-refractivity contribution in [3.8, 4) is 0 Å². The molecule has 0 aliphatic rings. The van der Waals surface area contributed by atoms with Crippen LogP contribution in [0, 0.1) is 0 Å². The third-order valence-electron chi connectivity index (χ3n) is 9.56. The first-order chi connectivity index (χ1) is 61.4. The van der Waals surface area contributed by atoms with Gasteiger partial charge < -0.3 is 103 Å². The van der Waals surface area contributed by atoms with Crippen LogP contribution in [0.15, 0.2) is 0 Å². The lowest BCUT2D eigenvalue weighted by Gasteiger charge is -2.26. The summed E-state index contributed by atoms with van der Waals surface area (Å²) in [6.45, 7) is 29.3. The molecular weight excluding hydrogens is 2680 g/mol. The Bertz CT molecular complexity index is 5010. The van der Waals surface area contributed by atoms with Gasteiger partial charge in [-0.25, -0.2) is 22.3 Å². The van der Waals surface area contributed by atoms with Gasteiger partial charge in [0.2, 0.25) is 66.3 Å². The number of hydrogen-bond donors (Lipinski definition) is 19. The lowest BCUT2D eigenvalue weighted by atomic mass is 10.3. The first-order valence-electron chi connectivity index (χ1n) is 35.1. The van der Waals surface area contributed by atoms with E-state index in [9.17, 15) is 223 Å². The second-order valence-corrected chi connectivity index (χ2v) is 100. The van der Waals surface area contributed by atoms with Gasteiger partial charge in [-0.05, 0) is 58.9 Å². The van der Waals surface area contributed by atoms with Crippen LogP contribution in [0.3, 0.4) is 0 Å². The van der Waals surface area contributed by atoms with Crippen molar-refractivity contribution in [3.05, 3.63) is 0 Å². The number of halogens is 20. The maximum Gasteiger partial charge on any atom is 0.502 e. The maximum absolute atomic E-state index is 13.2. The Balaban J connectivity index is -0.0000000996. The summed E-state index contributed by atoms with van der Waals surface area (Å²) in [5, 5.41) is -24.4. The first kappa shape index (κ1) is 184. The maximum atomic E-state index is 13.2. The number of nitrogens with two attached hydrogens (primary N) is 1. The van der Waals surface area contributed by atoms with Crippen LogP contribution in [0.4, 0.5) is 85.9 Å². The van der Waals surface area contributed by atoms with Gasteiger partial charge in [0, 0.05) is 140 Å². The van der Waals surface area contributed by atoms with E-state index in [1.54, 1.807) is 6.92 Å². The Morgan fingerprint density at radius 1 is 0.324 bits per heavy atom. The molecule has 0 aliphatic carbocycles. The molecule has 0 aromatic carbocycles. The zero-order valence-corrected chi connectivity index (χ0v) is 108. The highest BCUT2D eigenvalue weighted by molar-refractivity contribution is 7.83. The predicted octanol–water partition coefficient (Wildman–Crippen LogP) is 23.6. The normalized spacial score (nSPS) is 20.8. The zero-order chi connectivity index (χ0) is 127. The topological polar surface area (TPSA) is 965 Å². The van der Waals surface area contributed by atoms with Crippen LogP contribution >= 0.6 is 217 Å². The van der Waals surface area contributed by atoms with E-state index in [0.717, 1.165) is 53.3 Å². The van der Waals surface area contributed by atoms with Gasteiger partial charge in [-0.3, -0.25) is 123 Å². The highest BCUT2D eigenvalue weighted by Crippen LogP contribution is 2.83. The number of rotatable bonds is 33. The van der Waals surface area contributed by atoms with E-state index in [0.29, 0.717) is 33.3 Å². The van der Waals surface area contributed by atoms with Crippen molar-refractivity contribution in [1.82, 2.24) is 0 Å². The van der Waals surface area contributed by atoms with Crippen molar-refractivity contribution in [2.75, 3.05) is 209 Å². The highest BCUT2D eigenvalue weighted by atomic mass is 31.3. The Labute approximate surface area is 837 Å².